The summed E-state index contributed by atoms with van der Waals surface area (Å²) in [6.45, 7) is 3.72. The zero-order valence-electron chi connectivity index (χ0n) is 19.8. The monoisotopic (exact) mass is 478 g/mol. The van der Waals surface area contributed by atoms with E-state index in [9.17, 15) is 0 Å². The molecule has 1 aliphatic heterocycles. The van der Waals surface area contributed by atoms with Crippen molar-refractivity contribution in [2.75, 3.05) is 36.4 Å². The van der Waals surface area contributed by atoms with Gasteiger partial charge in [-0.05, 0) is 48.6 Å². The zero-order valence-corrected chi connectivity index (χ0v) is 19.8. The molecule has 0 atom stereocenters. The maximum atomic E-state index is 5.15. The number of nitrogens with one attached hydrogen (secondary N) is 2. The normalized spacial score (nSPS) is 16.4. The Hall–Kier alpha value is -4.18. The summed E-state index contributed by atoms with van der Waals surface area (Å²) in [6.07, 6.45) is 11.2. The van der Waals surface area contributed by atoms with Crippen LogP contribution >= 0.6 is 0 Å². The molecule has 1 saturated carbocycles. The second kappa shape index (κ2) is 8.80. The molecule has 0 amide bonds. The van der Waals surface area contributed by atoms with Gasteiger partial charge in [0.15, 0.2) is 11.5 Å². The molecule has 0 spiro atoms. The number of nitrogens with zero attached hydrogens (tertiary/aromatic N) is 8. The van der Waals surface area contributed by atoms with Crippen LogP contribution in [0.5, 0.6) is 0 Å². The van der Waals surface area contributed by atoms with Crippen LogP contribution in [-0.2, 0) is 0 Å². The van der Waals surface area contributed by atoms with E-state index >= 15 is 0 Å². The third kappa shape index (κ3) is 3.79. The first kappa shape index (κ1) is 21.1. The van der Waals surface area contributed by atoms with Crippen LogP contribution < -0.4 is 15.5 Å². The van der Waals surface area contributed by atoms with Crippen LogP contribution in [0.25, 0.3) is 27.9 Å². The third-order valence-corrected chi connectivity index (χ3v) is 7.08. The van der Waals surface area contributed by atoms with E-state index in [0.29, 0.717) is 23.5 Å². The number of pyridine rings is 3. The van der Waals surface area contributed by atoms with Crippen LogP contribution in [-0.4, -0.2) is 60.7 Å². The molecule has 2 fully saturated rings. The Morgan fingerprint density at radius 2 is 1.92 bits per heavy atom. The minimum Gasteiger partial charge on any atom is -0.353 e. The Morgan fingerprint density at radius 1 is 1.00 bits per heavy atom. The predicted molar refractivity (Wildman–Crippen MR) is 139 cm³/mol. The third-order valence-electron chi connectivity index (χ3n) is 7.08. The van der Waals surface area contributed by atoms with E-state index in [-0.39, 0.29) is 0 Å². The Morgan fingerprint density at radius 3 is 2.75 bits per heavy atom. The van der Waals surface area contributed by atoms with Gasteiger partial charge in [0.2, 0.25) is 5.95 Å². The average Bonchev–Trinajstić information content (AvgIpc) is 3.30. The summed E-state index contributed by atoms with van der Waals surface area (Å²) >= 11 is 0. The minimum absolute atomic E-state index is 0.487. The summed E-state index contributed by atoms with van der Waals surface area (Å²) in [6, 6.07) is 9.65. The topological polar surface area (TPSA) is 109 Å². The van der Waals surface area contributed by atoms with Crippen molar-refractivity contribution in [3.8, 4) is 11.4 Å². The lowest BCUT2D eigenvalue weighted by Crippen LogP contribution is -2.44. The highest BCUT2D eigenvalue weighted by molar-refractivity contribution is 5.94. The number of fused-ring (bicyclic) bond motifs is 2. The van der Waals surface area contributed by atoms with Crippen LogP contribution in [0.1, 0.15) is 30.7 Å². The van der Waals surface area contributed by atoms with Crippen molar-refractivity contribution in [2.24, 2.45) is 0 Å². The number of anilines is 3. The van der Waals surface area contributed by atoms with Gasteiger partial charge in [-0.2, -0.15) is 4.98 Å². The van der Waals surface area contributed by atoms with E-state index < -0.39 is 0 Å². The first-order valence-corrected chi connectivity index (χ1v) is 12.5. The highest BCUT2D eigenvalue weighted by atomic mass is 15.3. The predicted octanol–water partition coefficient (Wildman–Crippen LogP) is 3.55. The molecule has 6 heterocycles. The van der Waals surface area contributed by atoms with Gasteiger partial charge in [-0.15, -0.1) is 5.10 Å². The van der Waals surface area contributed by atoms with Crippen molar-refractivity contribution in [1.82, 2.24) is 39.9 Å². The molecule has 0 unspecified atom stereocenters. The molecule has 5 aromatic heterocycles. The van der Waals surface area contributed by atoms with Crippen LogP contribution in [0.15, 0.2) is 55.1 Å². The lowest BCUT2D eigenvalue weighted by atomic mass is 9.79. The molecule has 7 rings (SSSR count). The molecule has 2 aliphatic rings. The second-order valence-corrected chi connectivity index (χ2v) is 9.35. The van der Waals surface area contributed by atoms with Crippen molar-refractivity contribution in [3.05, 3.63) is 60.7 Å². The summed E-state index contributed by atoms with van der Waals surface area (Å²) in [5, 5.41) is 12.3. The fraction of sp³-hybridized carbons (Fsp3) is 0.308. The van der Waals surface area contributed by atoms with Gasteiger partial charge in [-0.25, -0.2) is 19.5 Å². The summed E-state index contributed by atoms with van der Waals surface area (Å²) in [4.78, 5) is 26.1. The van der Waals surface area contributed by atoms with Crippen LogP contribution in [0.4, 0.5) is 17.6 Å². The van der Waals surface area contributed by atoms with Crippen molar-refractivity contribution in [1.29, 1.82) is 0 Å². The molecule has 5 aromatic rings. The standard InChI is InChI=1S/C26H26N10/c1-2-11-36-22(6-1)32-26(34-36)31-21-14-18(7-8-29-21)24-30-20-16-28-15-19(17-4-3-5-17)23(20)25(33-24)35-12-9-27-10-13-35/h1-2,6-8,11,14-17,27H,3-5,9-10,12-13H2,(H,29,31,34). The van der Waals surface area contributed by atoms with E-state index in [0.717, 1.165) is 54.1 Å². The van der Waals surface area contributed by atoms with E-state index in [2.05, 4.69) is 35.6 Å². The molecular weight excluding hydrogens is 452 g/mol. The maximum absolute atomic E-state index is 5.15. The Kier molecular flexibility index (Phi) is 5.16. The Labute approximate surface area is 207 Å². The Balaban J connectivity index is 1.30. The maximum Gasteiger partial charge on any atom is 0.248 e. The van der Waals surface area contributed by atoms with Gasteiger partial charge < -0.3 is 15.5 Å². The average molecular weight is 479 g/mol. The number of aromatic nitrogens is 7. The van der Waals surface area contributed by atoms with Crippen molar-refractivity contribution >= 4 is 34.1 Å². The summed E-state index contributed by atoms with van der Waals surface area (Å²) in [5.41, 5.74) is 3.83. The van der Waals surface area contributed by atoms with Crippen molar-refractivity contribution in [3.63, 3.8) is 0 Å². The van der Waals surface area contributed by atoms with Gasteiger partial charge in [-0.3, -0.25) is 4.98 Å². The first-order valence-electron chi connectivity index (χ1n) is 12.5. The van der Waals surface area contributed by atoms with Crippen LogP contribution in [0.3, 0.4) is 0 Å². The molecule has 10 nitrogen and oxygen atoms in total. The summed E-state index contributed by atoms with van der Waals surface area (Å²) < 4.78 is 1.73. The van der Waals surface area contributed by atoms with E-state index in [1.54, 1.807) is 10.7 Å². The fourth-order valence-corrected chi connectivity index (χ4v) is 4.99. The highest BCUT2D eigenvalue weighted by Gasteiger charge is 2.26. The number of rotatable bonds is 5. The quantitative estimate of drug-likeness (QED) is 0.392. The van der Waals surface area contributed by atoms with Crippen LogP contribution in [0, 0.1) is 0 Å². The smallest absolute Gasteiger partial charge is 0.248 e. The molecule has 0 radical (unpaired) electrons. The molecule has 0 bridgehead atoms. The summed E-state index contributed by atoms with van der Waals surface area (Å²) in [5.74, 6) is 3.34. The van der Waals surface area contributed by atoms with Gasteiger partial charge in [0.1, 0.15) is 11.6 Å². The van der Waals surface area contributed by atoms with Crippen LogP contribution in [0.2, 0.25) is 0 Å². The molecule has 2 N–H and O–H groups in total. The lowest BCUT2D eigenvalue weighted by molar-refractivity contribution is 0.421. The van der Waals surface area contributed by atoms with E-state index in [1.807, 2.05) is 48.9 Å². The zero-order chi connectivity index (χ0) is 23.9. The second-order valence-electron chi connectivity index (χ2n) is 9.35. The van der Waals surface area contributed by atoms with Gasteiger partial charge in [0, 0.05) is 55.7 Å². The van der Waals surface area contributed by atoms with Gasteiger partial charge in [0.05, 0.1) is 11.7 Å². The SMILES string of the molecule is c1ccn2nc(Nc3cc(-c4nc(N5CCNCC5)c5c(C6CCC6)cncc5n4)ccn3)nc2c1. The van der Waals surface area contributed by atoms with Crippen molar-refractivity contribution in [2.45, 2.75) is 25.2 Å². The van der Waals surface area contributed by atoms with Gasteiger partial charge in [-0.1, -0.05) is 12.5 Å². The minimum atomic E-state index is 0.487. The summed E-state index contributed by atoms with van der Waals surface area (Å²) in [7, 11) is 0. The van der Waals surface area contributed by atoms with Gasteiger partial charge >= 0.3 is 0 Å². The molecular formula is C26H26N10. The number of hydrogen-bond donors (Lipinski definition) is 2. The largest absolute Gasteiger partial charge is 0.353 e. The molecule has 180 valence electrons. The Bertz CT molecular complexity index is 1520. The molecule has 36 heavy (non-hydrogen) atoms. The van der Waals surface area contributed by atoms with Crippen molar-refractivity contribution < 1.29 is 0 Å². The number of piperazine rings is 1. The van der Waals surface area contributed by atoms with E-state index in [4.69, 9.17) is 9.97 Å². The molecule has 1 aliphatic carbocycles. The molecule has 0 aromatic carbocycles. The fourth-order valence-electron chi connectivity index (χ4n) is 4.99. The van der Waals surface area contributed by atoms with E-state index in [1.165, 1.54) is 24.8 Å². The first-order chi connectivity index (χ1) is 17.8. The highest BCUT2D eigenvalue weighted by Crippen LogP contribution is 2.42. The lowest BCUT2D eigenvalue weighted by Gasteiger charge is -2.32. The van der Waals surface area contributed by atoms with Gasteiger partial charge in [0.25, 0.3) is 0 Å². The molecule has 1 saturated heterocycles. The molecule has 10 heteroatoms. The number of hydrogen-bond acceptors (Lipinski definition) is 9.